The van der Waals surface area contributed by atoms with Gasteiger partial charge in [0, 0.05) is 12.0 Å². The number of phenolic OH excluding ortho intramolecular Hbond substituents is 2. The molecule has 2 atom stereocenters. The van der Waals surface area contributed by atoms with Gasteiger partial charge in [0.15, 0.2) is 11.6 Å². The molecular formula is C21H24O6. The number of phenols is 2. The molecule has 1 aromatic carbocycles. The number of fused-ring (bicyclic) bond motifs is 1. The molecular weight excluding hydrogens is 348 g/mol. The minimum Gasteiger partial charge on any atom is -0.507 e. The Bertz CT molecular complexity index is 842. The lowest BCUT2D eigenvalue weighted by atomic mass is 9.85. The van der Waals surface area contributed by atoms with Crippen LogP contribution in [-0.4, -0.2) is 33.9 Å². The van der Waals surface area contributed by atoms with Crippen LogP contribution in [0.3, 0.4) is 0 Å². The van der Waals surface area contributed by atoms with Crippen molar-refractivity contribution in [1.29, 1.82) is 0 Å². The summed E-state index contributed by atoms with van der Waals surface area (Å²) in [6, 6.07) is 2.31. The lowest BCUT2D eigenvalue weighted by Crippen LogP contribution is -2.30. The van der Waals surface area contributed by atoms with E-state index in [2.05, 4.69) is 0 Å². The first-order valence-corrected chi connectivity index (χ1v) is 8.86. The Balaban J connectivity index is 2.48. The third-order valence-corrected chi connectivity index (χ3v) is 4.54. The smallest absolute Gasteiger partial charge is 0.309 e. The maximum absolute atomic E-state index is 12.9. The van der Waals surface area contributed by atoms with E-state index in [4.69, 9.17) is 4.74 Å². The molecule has 2 N–H and O–H groups in total. The first-order valence-electron chi connectivity index (χ1n) is 8.86. The van der Waals surface area contributed by atoms with E-state index < -0.39 is 29.4 Å². The van der Waals surface area contributed by atoms with Crippen LogP contribution in [0.4, 0.5) is 0 Å². The number of aromatic hydroxyl groups is 2. The highest BCUT2D eigenvalue weighted by Gasteiger charge is 2.36. The van der Waals surface area contributed by atoms with Crippen molar-refractivity contribution < 1.29 is 29.3 Å². The fourth-order valence-corrected chi connectivity index (χ4v) is 2.73. The fourth-order valence-electron chi connectivity index (χ4n) is 2.73. The number of hydrogen-bond acceptors (Lipinski definition) is 6. The Morgan fingerprint density at radius 3 is 2.30 bits per heavy atom. The molecule has 0 bridgehead atoms. The van der Waals surface area contributed by atoms with Gasteiger partial charge in [-0.3, -0.25) is 14.4 Å². The molecule has 0 aliphatic heterocycles. The van der Waals surface area contributed by atoms with Gasteiger partial charge in [-0.2, -0.15) is 0 Å². The van der Waals surface area contributed by atoms with Crippen LogP contribution in [0, 0.1) is 5.92 Å². The van der Waals surface area contributed by atoms with E-state index in [1.54, 1.807) is 6.92 Å². The predicted octanol–water partition coefficient (Wildman–Crippen LogP) is 3.72. The summed E-state index contributed by atoms with van der Waals surface area (Å²) >= 11 is 0. The van der Waals surface area contributed by atoms with Gasteiger partial charge in [-0.25, -0.2) is 0 Å². The molecule has 0 radical (unpaired) electrons. The molecule has 2 rings (SSSR count). The number of Topliss-reactive ketones (excluding diaryl/α,β-unsaturated/α-hetero) is 1. The predicted molar refractivity (Wildman–Crippen MR) is 99.9 cm³/mol. The Morgan fingerprint density at radius 2 is 1.74 bits per heavy atom. The van der Waals surface area contributed by atoms with Gasteiger partial charge in [0.25, 0.3) is 0 Å². The number of carbonyl (C=O) groups is 3. The summed E-state index contributed by atoms with van der Waals surface area (Å²) in [6.45, 7) is 7.31. The summed E-state index contributed by atoms with van der Waals surface area (Å²) in [6.07, 6.45) is 2.75. The number of ether oxygens (including phenoxy) is 1. The number of benzene rings is 1. The summed E-state index contributed by atoms with van der Waals surface area (Å²) in [4.78, 5) is 37.7. The number of esters is 1. The lowest BCUT2D eigenvalue weighted by Gasteiger charge is -2.24. The molecule has 0 saturated heterocycles. The van der Waals surface area contributed by atoms with Crippen molar-refractivity contribution in [3.63, 3.8) is 0 Å². The maximum Gasteiger partial charge on any atom is 0.309 e. The Kier molecular flexibility index (Phi) is 6.20. The minimum atomic E-state index is -0.951. The van der Waals surface area contributed by atoms with Crippen molar-refractivity contribution >= 4 is 17.5 Å². The number of carbonyl (C=O) groups excluding carboxylic acids is 3. The zero-order valence-electron chi connectivity index (χ0n) is 15.9. The van der Waals surface area contributed by atoms with E-state index in [0.717, 1.165) is 23.8 Å². The lowest BCUT2D eigenvalue weighted by molar-refractivity contribution is -0.151. The van der Waals surface area contributed by atoms with Gasteiger partial charge in [0.2, 0.25) is 0 Å². The van der Waals surface area contributed by atoms with E-state index >= 15 is 0 Å². The van der Waals surface area contributed by atoms with E-state index in [1.165, 1.54) is 0 Å². The summed E-state index contributed by atoms with van der Waals surface area (Å²) in [5, 5.41) is 20.0. The molecule has 27 heavy (non-hydrogen) atoms. The Morgan fingerprint density at radius 1 is 1.15 bits per heavy atom. The van der Waals surface area contributed by atoms with E-state index in [9.17, 15) is 24.6 Å². The van der Waals surface area contributed by atoms with Crippen molar-refractivity contribution in [1.82, 2.24) is 0 Å². The van der Waals surface area contributed by atoms with Crippen molar-refractivity contribution in [3.05, 3.63) is 46.6 Å². The fraction of sp³-hybridized carbons (Fsp3) is 0.381. The van der Waals surface area contributed by atoms with E-state index in [1.807, 2.05) is 26.8 Å². The summed E-state index contributed by atoms with van der Waals surface area (Å²) < 4.78 is 5.53. The number of rotatable bonds is 6. The molecule has 1 aliphatic carbocycles. The second-order valence-electron chi connectivity index (χ2n) is 6.90. The highest BCUT2D eigenvalue weighted by molar-refractivity contribution is 6.27. The van der Waals surface area contributed by atoms with Crippen LogP contribution in [0.2, 0.25) is 0 Å². The van der Waals surface area contributed by atoms with Crippen LogP contribution in [0.1, 0.15) is 61.3 Å². The van der Waals surface area contributed by atoms with Gasteiger partial charge in [-0.1, -0.05) is 25.5 Å². The number of hydrogen-bond donors (Lipinski definition) is 2. The molecule has 1 aliphatic rings. The second-order valence-corrected chi connectivity index (χ2v) is 6.90. The first kappa shape index (κ1) is 20.4. The number of ketones is 2. The molecule has 6 nitrogen and oxygen atoms in total. The average Bonchev–Trinajstić information content (AvgIpc) is 2.62. The molecule has 0 saturated carbocycles. The van der Waals surface area contributed by atoms with Crippen LogP contribution >= 0.6 is 0 Å². The van der Waals surface area contributed by atoms with Crippen molar-refractivity contribution in [2.75, 3.05) is 0 Å². The van der Waals surface area contributed by atoms with Crippen LogP contribution in [0.25, 0.3) is 0 Å². The zero-order chi connectivity index (χ0) is 20.3. The van der Waals surface area contributed by atoms with E-state index in [-0.39, 0.29) is 34.8 Å². The molecule has 0 unspecified atom stereocenters. The first-order chi connectivity index (χ1) is 12.7. The SMILES string of the molecule is CC[C@@H](C)C(=O)O[C@@H](CC=C(C)C)C1=CC(=O)c2c(O)ccc(O)c2C1=O. The third kappa shape index (κ3) is 4.27. The largest absolute Gasteiger partial charge is 0.507 e. The molecule has 0 heterocycles. The highest BCUT2D eigenvalue weighted by atomic mass is 16.5. The third-order valence-electron chi connectivity index (χ3n) is 4.54. The molecule has 0 fully saturated rings. The molecule has 0 amide bonds. The van der Waals surface area contributed by atoms with Gasteiger partial charge < -0.3 is 14.9 Å². The number of allylic oxidation sites excluding steroid dienone is 2. The van der Waals surface area contributed by atoms with Crippen LogP contribution in [0.5, 0.6) is 11.5 Å². The second kappa shape index (κ2) is 8.20. The monoisotopic (exact) mass is 372 g/mol. The average molecular weight is 372 g/mol. The maximum atomic E-state index is 12.9. The van der Waals surface area contributed by atoms with Crippen molar-refractivity contribution in [3.8, 4) is 11.5 Å². The zero-order valence-corrected chi connectivity index (χ0v) is 15.9. The Hall–Kier alpha value is -2.89. The standard InChI is InChI=1S/C21H24O6/c1-5-12(4)21(26)27-17(9-6-11(2)3)13-10-16(24)18-14(22)7-8-15(23)19(18)20(13)25/h6-8,10,12,17,22-23H,5,9H2,1-4H3/t12-,17+/m1/s1. The van der Waals surface area contributed by atoms with Gasteiger partial charge in [-0.05, 0) is 38.5 Å². The quantitative estimate of drug-likeness (QED) is 0.448. The van der Waals surface area contributed by atoms with Crippen molar-refractivity contribution in [2.24, 2.45) is 5.92 Å². The molecule has 0 aromatic heterocycles. The summed E-state index contributed by atoms with van der Waals surface area (Å²) in [5.41, 5.74) is 0.454. The molecule has 0 spiro atoms. The molecule has 144 valence electrons. The van der Waals surface area contributed by atoms with Crippen LogP contribution < -0.4 is 0 Å². The molecule has 6 heteroatoms. The van der Waals surface area contributed by atoms with Crippen molar-refractivity contribution in [2.45, 2.75) is 46.6 Å². The Labute approximate surface area is 158 Å². The highest BCUT2D eigenvalue weighted by Crippen LogP contribution is 2.36. The van der Waals surface area contributed by atoms with Crippen LogP contribution in [-0.2, 0) is 9.53 Å². The normalized spacial score (nSPS) is 15.5. The minimum absolute atomic E-state index is 0.0115. The molecule has 1 aromatic rings. The summed E-state index contributed by atoms with van der Waals surface area (Å²) in [5.74, 6) is -2.84. The van der Waals surface area contributed by atoms with Gasteiger partial charge >= 0.3 is 5.97 Å². The topological polar surface area (TPSA) is 101 Å². The van der Waals surface area contributed by atoms with Crippen LogP contribution in [0.15, 0.2) is 35.4 Å². The summed E-state index contributed by atoms with van der Waals surface area (Å²) in [7, 11) is 0. The van der Waals surface area contributed by atoms with Gasteiger partial charge in [0.05, 0.1) is 17.0 Å². The van der Waals surface area contributed by atoms with Gasteiger partial charge in [-0.15, -0.1) is 0 Å². The van der Waals surface area contributed by atoms with Gasteiger partial charge in [0.1, 0.15) is 17.6 Å². The van der Waals surface area contributed by atoms with E-state index in [0.29, 0.717) is 6.42 Å².